The Hall–Kier alpha value is -0.0800. The van der Waals surface area contributed by atoms with Crippen LogP contribution in [0.5, 0.6) is 0 Å². The first-order valence-corrected chi connectivity index (χ1v) is 5.49. The van der Waals surface area contributed by atoms with Gasteiger partial charge in [0.25, 0.3) is 0 Å². The van der Waals surface area contributed by atoms with E-state index >= 15 is 0 Å². The van der Waals surface area contributed by atoms with E-state index in [2.05, 4.69) is 26.1 Å². The van der Waals surface area contributed by atoms with E-state index in [-0.39, 0.29) is 11.5 Å². The van der Waals surface area contributed by atoms with E-state index in [0.717, 1.165) is 18.4 Å². The van der Waals surface area contributed by atoms with Crippen molar-refractivity contribution in [3.05, 3.63) is 0 Å². The van der Waals surface area contributed by atoms with Crippen LogP contribution in [-0.4, -0.2) is 23.3 Å². The fourth-order valence-electron chi connectivity index (χ4n) is 2.35. The summed E-state index contributed by atoms with van der Waals surface area (Å²) < 4.78 is 0. The molecule has 0 saturated heterocycles. The molecule has 0 radical (unpaired) electrons. The molecule has 0 amide bonds. The number of hydrogen-bond acceptors (Lipinski definition) is 2. The van der Waals surface area contributed by atoms with Crippen LogP contribution in [0.25, 0.3) is 0 Å². The average Bonchev–Trinajstić information content (AvgIpc) is 2.83. The molecule has 2 aliphatic carbocycles. The van der Waals surface area contributed by atoms with Crippen LogP contribution in [0, 0.1) is 11.3 Å². The van der Waals surface area contributed by atoms with Crippen molar-refractivity contribution >= 4 is 0 Å². The van der Waals surface area contributed by atoms with E-state index in [1.54, 1.807) is 0 Å². The van der Waals surface area contributed by atoms with Gasteiger partial charge in [0.15, 0.2) is 0 Å². The van der Waals surface area contributed by atoms with Crippen LogP contribution >= 0.6 is 0 Å². The Kier molecular flexibility index (Phi) is 2.16. The minimum absolute atomic E-state index is 0.0937. The van der Waals surface area contributed by atoms with Gasteiger partial charge >= 0.3 is 0 Å². The summed E-state index contributed by atoms with van der Waals surface area (Å²) in [4.78, 5) is 0. The highest BCUT2D eigenvalue weighted by Crippen LogP contribution is 2.43. The lowest BCUT2D eigenvalue weighted by Gasteiger charge is -2.50. The van der Waals surface area contributed by atoms with Gasteiger partial charge in [-0.3, -0.25) is 0 Å². The Labute approximate surface area is 80.7 Å². The first-order valence-electron chi connectivity index (χ1n) is 5.49. The summed E-state index contributed by atoms with van der Waals surface area (Å²) in [7, 11) is 0. The molecule has 0 aromatic carbocycles. The van der Waals surface area contributed by atoms with Crippen LogP contribution in [-0.2, 0) is 0 Å². The summed E-state index contributed by atoms with van der Waals surface area (Å²) in [6.45, 7) is 6.57. The number of rotatable bonds is 3. The predicted molar refractivity (Wildman–Crippen MR) is 53.5 cm³/mol. The molecular formula is C11H21NO. The van der Waals surface area contributed by atoms with Crippen molar-refractivity contribution < 1.29 is 5.11 Å². The summed E-state index contributed by atoms with van der Waals surface area (Å²) >= 11 is 0. The van der Waals surface area contributed by atoms with Crippen molar-refractivity contribution in [1.29, 1.82) is 0 Å². The van der Waals surface area contributed by atoms with Crippen LogP contribution in [0.15, 0.2) is 0 Å². The average molecular weight is 183 g/mol. The largest absolute Gasteiger partial charge is 0.392 e. The lowest BCUT2D eigenvalue weighted by atomic mass is 9.64. The van der Waals surface area contributed by atoms with Crippen LogP contribution in [0.3, 0.4) is 0 Å². The first kappa shape index (κ1) is 9.47. The van der Waals surface area contributed by atoms with Crippen molar-refractivity contribution in [1.82, 2.24) is 5.32 Å². The van der Waals surface area contributed by atoms with Crippen molar-refractivity contribution in [2.24, 2.45) is 11.3 Å². The van der Waals surface area contributed by atoms with Gasteiger partial charge in [-0.15, -0.1) is 0 Å². The smallest absolute Gasteiger partial charge is 0.0621 e. The zero-order chi connectivity index (χ0) is 9.64. The third-order valence-electron chi connectivity index (χ3n) is 4.08. The summed E-state index contributed by atoms with van der Waals surface area (Å²) in [5, 5.41) is 13.2. The van der Waals surface area contributed by atoms with Gasteiger partial charge in [-0.25, -0.2) is 0 Å². The Morgan fingerprint density at radius 3 is 2.46 bits per heavy atom. The molecule has 2 heteroatoms. The maximum absolute atomic E-state index is 9.56. The molecule has 0 aromatic rings. The molecular weight excluding hydrogens is 162 g/mol. The molecule has 0 heterocycles. The topological polar surface area (TPSA) is 32.3 Å². The van der Waals surface area contributed by atoms with Gasteiger partial charge in [0.05, 0.1) is 6.10 Å². The second-order valence-electron chi connectivity index (χ2n) is 5.30. The Morgan fingerprint density at radius 2 is 2.08 bits per heavy atom. The van der Waals surface area contributed by atoms with Crippen LogP contribution in [0.2, 0.25) is 0 Å². The van der Waals surface area contributed by atoms with E-state index in [4.69, 9.17) is 0 Å². The second kappa shape index (κ2) is 2.96. The number of aliphatic hydroxyl groups is 1. The molecule has 0 aromatic heterocycles. The minimum atomic E-state index is -0.0937. The zero-order valence-electron chi connectivity index (χ0n) is 8.88. The third-order valence-corrected chi connectivity index (χ3v) is 4.08. The van der Waals surface area contributed by atoms with E-state index in [9.17, 15) is 5.11 Å². The molecule has 2 rings (SSSR count). The van der Waals surface area contributed by atoms with E-state index in [1.807, 2.05) is 0 Å². The van der Waals surface area contributed by atoms with Crippen LogP contribution < -0.4 is 5.32 Å². The number of aliphatic hydroxyl groups excluding tert-OH is 1. The maximum Gasteiger partial charge on any atom is 0.0621 e. The van der Waals surface area contributed by atoms with Crippen molar-refractivity contribution in [3.63, 3.8) is 0 Å². The van der Waals surface area contributed by atoms with Crippen molar-refractivity contribution in [2.45, 2.75) is 58.2 Å². The molecule has 13 heavy (non-hydrogen) atoms. The minimum Gasteiger partial charge on any atom is -0.392 e. The normalized spacial score (nSPS) is 47.1. The summed E-state index contributed by atoms with van der Waals surface area (Å²) in [6.07, 6.45) is 3.50. The molecule has 2 saturated carbocycles. The molecule has 0 bridgehead atoms. The Morgan fingerprint density at radius 1 is 1.38 bits per heavy atom. The monoisotopic (exact) mass is 183 g/mol. The second-order valence-corrected chi connectivity index (χ2v) is 5.30. The lowest BCUT2D eigenvalue weighted by Crippen LogP contribution is -2.60. The van der Waals surface area contributed by atoms with Gasteiger partial charge in [-0.2, -0.15) is 0 Å². The highest BCUT2D eigenvalue weighted by atomic mass is 16.3. The van der Waals surface area contributed by atoms with Crippen LogP contribution in [0.4, 0.5) is 0 Å². The maximum atomic E-state index is 9.56. The Balaban J connectivity index is 1.79. The Bertz CT molecular complexity index is 202. The molecule has 76 valence electrons. The zero-order valence-corrected chi connectivity index (χ0v) is 8.88. The van der Waals surface area contributed by atoms with Crippen LogP contribution in [0.1, 0.15) is 40.0 Å². The van der Waals surface area contributed by atoms with Crippen molar-refractivity contribution in [2.75, 3.05) is 0 Å². The van der Waals surface area contributed by atoms with Gasteiger partial charge in [-0.05, 0) is 18.8 Å². The predicted octanol–water partition coefficient (Wildman–Crippen LogP) is 1.53. The molecule has 2 nitrogen and oxygen atoms in total. The quantitative estimate of drug-likeness (QED) is 0.695. The van der Waals surface area contributed by atoms with Gasteiger partial charge in [0, 0.05) is 17.5 Å². The summed E-state index contributed by atoms with van der Waals surface area (Å²) in [5.74, 6) is 0.911. The van der Waals surface area contributed by atoms with E-state index in [0.29, 0.717) is 6.04 Å². The number of hydrogen-bond donors (Lipinski definition) is 2. The van der Waals surface area contributed by atoms with Gasteiger partial charge in [0.2, 0.25) is 0 Å². The highest BCUT2D eigenvalue weighted by Gasteiger charge is 2.50. The van der Waals surface area contributed by atoms with Gasteiger partial charge in [-0.1, -0.05) is 27.2 Å². The summed E-state index contributed by atoms with van der Waals surface area (Å²) in [6, 6.07) is 1.30. The molecule has 2 N–H and O–H groups in total. The van der Waals surface area contributed by atoms with Gasteiger partial charge in [0.1, 0.15) is 0 Å². The number of nitrogens with one attached hydrogen (secondary N) is 1. The highest BCUT2D eigenvalue weighted by molar-refractivity contribution is 5.06. The SMILES string of the molecule is CCC1CC1NC1CC(O)C1(C)C. The third kappa shape index (κ3) is 1.50. The van der Waals surface area contributed by atoms with Crippen molar-refractivity contribution in [3.8, 4) is 0 Å². The summed E-state index contributed by atoms with van der Waals surface area (Å²) in [5.41, 5.74) is 0.0981. The fourth-order valence-corrected chi connectivity index (χ4v) is 2.35. The first-order chi connectivity index (χ1) is 6.05. The molecule has 2 aliphatic rings. The molecule has 4 unspecified atom stereocenters. The fraction of sp³-hybridized carbons (Fsp3) is 1.00. The molecule has 0 spiro atoms. The standard InChI is InChI=1S/C11H21NO/c1-4-7-5-8(7)12-9-6-10(13)11(9,2)3/h7-10,12-13H,4-6H2,1-3H3. The van der Waals surface area contributed by atoms with E-state index in [1.165, 1.54) is 12.8 Å². The lowest BCUT2D eigenvalue weighted by molar-refractivity contribution is -0.0733. The van der Waals surface area contributed by atoms with Gasteiger partial charge < -0.3 is 10.4 Å². The molecule has 4 atom stereocenters. The molecule has 2 fully saturated rings. The molecule has 0 aliphatic heterocycles. The van der Waals surface area contributed by atoms with E-state index < -0.39 is 0 Å².